The fourth-order valence-corrected chi connectivity index (χ4v) is 7.58. The van der Waals surface area contributed by atoms with Crippen molar-refractivity contribution in [2.24, 2.45) is 0 Å². The predicted molar refractivity (Wildman–Crippen MR) is 82.1 cm³/mol. The molecule has 0 spiro atoms. The molecule has 0 fully saturated rings. The molecule has 0 aliphatic carbocycles. The van der Waals surface area contributed by atoms with Crippen LogP contribution in [0.25, 0.3) is 0 Å². The van der Waals surface area contributed by atoms with Crippen LogP contribution in [0.4, 0.5) is 0 Å². The van der Waals surface area contributed by atoms with Gasteiger partial charge in [-0.1, -0.05) is 66.1 Å². The average molecular weight is 278 g/mol. The first-order valence-corrected chi connectivity index (χ1v) is 9.99. The Balaban J connectivity index is 1.98. The van der Waals surface area contributed by atoms with Gasteiger partial charge in [-0.25, -0.2) is 0 Å². The number of benzene rings is 2. The molecule has 0 nitrogen and oxygen atoms in total. The van der Waals surface area contributed by atoms with Crippen molar-refractivity contribution >= 4 is 29.1 Å². The van der Waals surface area contributed by atoms with E-state index in [9.17, 15) is 0 Å². The third kappa shape index (κ3) is 4.39. The highest BCUT2D eigenvalue weighted by Gasteiger charge is 2.09. The molecule has 0 saturated heterocycles. The zero-order valence-corrected chi connectivity index (χ0v) is 12.3. The largest absolute Gasteiger partial charge is 0.0868 e. The Morgan fingerprint density at radius 1 is 0.765 bits per heavy atom. The molecule has 0 N–H and O–H groups in total. The van der Waals surface area contributed by atoms with Crippen LogP contribution >= 0.6 is 29.1 Å². The van der Waals surface area contributed by atoms with E-state index in [2.05, 4.69) is 67.6 Å². The summed E-state index contributed by atoms with van der Waals surface area (Å²) in [5, 5.41) is 0. The maximum absolute atomic E-state index is 2.28. The molecule has 0 aliphatic heterocycles. The van der Waals surface area contributed by atoms with E-state index in [-0.39, 0.29) is 6.33 Å². The molecule has 0 amide bonds. The fraction of sp³-hybridized carbons (Fsp3) is 0.143. The van der Waals surface area contributed by atoms with Crippen LogP contribution < -0.4 is 0 Å². The van der Waals surface area contributed by atoms with Crippen molar-refractivity contribution in [2.75, 3.05) is 6.16 Å². The average Bonchev–Trinajstić information content (AvgIpc) is 2.40. The Hall–Kier alpha value is -0.430. The van der Waals surface area contributed by atoms with E-state index in [1.165, 1.54) is 16.0 Å². The lowest BCUT2D eigenvalue weighted by atomic mass is 10.4. The van der Waals surface area contributed by atoms with Crippen molar-refractivity contribution in [2.45, 2.75) is 16.7 Å². The van der Waals surface area contributed by atoms with E-state index >= 15 is 0 Å². The van der Waals surface area contributed by atoms with Gasteiger partial charge in [-0.15, -0.1) is 0 Å². The standard InChI is InChI=1S/C14H15PS2/c1-2-15(16-13-9-5-3-6-10-13)17-14-11-7-4-8-12-14/h3-12H,2H2,1H3. The van der Waals surface area contributed by atoms with E-state index in [0.717, 1.165) is 0 Å². The normalized spacial score (nSPS) is 10.7. The lowest BCUT2D eigenvalue weighted by Crippen LogP contribution is -1.73. The minimum atomic E-state index is -0.0777. The summed E-state index contributed by atoms with van der Waals surface area (Å²) in [4.78, 5) is 2.76. The van der Waals surface area contributed by atoms with E-state index in [4.69, 9.17) is 0 Å². The van der Waals surface area contributed by atoms with Crippen molar-refractivity contribution in [3.8, 4) is 0 Å². The smallest absolute Gasteiger partial charge is 0.0228 e. The number of rotatable bonds is 5. The molecule has 0 atom stereocenters. The van der Waals surface area contributed by atoms with E-state index in [0.29, 0.717) is 0 Å². The van der Waals surface area contributed by atoms with Crippen molar-refractivity contribution in [3.05, 3.63) is 60.7 Å². The first-order chi connectivity index (χ1) is 8.38. The van der Waals surface area contributed by atoms with E-state index in [1.54, 1.807) is 0 Å². The Bertz CT molecular complexity index is 389. The molecule has 0 saturated carbocycles. The summed E-state index contributed by atoms with van der Waals surface area (Å²) in [5.74, 6) is 0. The topological polar surface area (TPSA) is 0 Å². The Morgan fingerprint density at radius 2 is 1.18 bits per heavy atom. The summed E-state index contributed by atoms with van der Waals surface area (Å²) >= 11 is 4.02. The lowest BCUT2D eigenvalue weighted by molar-refractivity contribution is 1.47. The van der Waals surface area contributed by atoms with Crippen molar-refractivity contribution in [3.63, 3.8) is 0 Å². The van der Waals surface area contributed by atoms with Gasteiger partial charge in [0.15, 0.2) is 0 Å². The summed E-state index contributed by atoms with van der Waals surface area (Å²) in [6.45, 7) is 2.28. The van der Waals surface area contributed by atoms with Gasteiger partial charge in [0, 0.05) is 16.1 Å². The molecule has 0 heterocycles. The highest BCUT2D eigenvalue weighted by molar-refractivity contribution is 8.88. The van der Waals surface area contributed by atoms with E-state index < -0.39 is 0 Å². The SMILES string of the molecule is CCP(Sc1ccccc1)Sc1ccccc1. The van der Waals surface area contributed by atoms with Gasteiger partial charge in [-0.05, 0) is 30.4 Å². The molecule has 0 radical (unpaired) electrons. The van der Waals surface area contributed by atoms with Crippen LogP contribution in [0.1, 0.15) is 6.92 Å². The molecule has 3 heteroatoms. The van der Waals surface area contributed by atoms with Crippen LogP contribution in [-0.4, -0.2) is 6.16 Å². The van der Waals surface area contributed by atoms with Crippen LogP contribution in [0.3, 0.4) is 0 Å². The molecule has 2 aromatic carbocycles. The third-order valence-corrected chi connectivity index (χ3v) is 9.43. The van der Waals surface area contributed by atoms with Gasteiger partial charge < -0.3 is 0 Å². The molecule has 17 heavy (non-hydrogen) atoms. The second-order valence-electron chi connectivity index (χ2n) is 3.46. The molecular weight excluding hydrogens is 263 g/mol. The second kappa shape index (κ2) is 7.10. The molecule has 0 unspecified atom stereocenters. The quantitative estimate of drug-likeness (QED) is 0.624. The highest BCUT2D eigenvalue weighted by atomic mass is 33.1. The zero-order chi connectivity index (χ0) is 11.9. The minimum Gasteiger partial charge on any atom is -0.0868 e. The van der Waals surface area contributed by atoms with Gasteiger partial charge in [0.1, 0.15) is 0 Å². The van der Waals surface area contributed by atoms with Crippen LogP contribution in [0.2, 0.25) is 0 Å². The van der Waals surface area contributed by atoms with Crippen LogP contribution in [0, 0.1) is 0 Å². The van der Waals surface area contributed by atoms with Crippen LogP contribution in [-0.2, 0) is 0 Å². The molecule has 0 aromatic heterocycles. The van der Waals surface area contributed by atoms with Crippen molar-refractivity contribution in [1.82, 2.24) is 0 Å². The van der Waals surface area contributed by atoms with Crippen LogP contribution in [0.5, 0.6) is 0 Å². The van der Waals surface area contributed by atoms with Gasteiger partial charge in [-0.2, -0.15) is 0 Å². The maximum atomic E-state index is 2.28. The lowest BCUT2D eigenvalue weighted by Gasteiger charge is -2.13. The Labute approximate surface area is 112 Å². The monoisotopic (exact) mass is 278 g/mol. The van der Waals surface area contributed by atoms with Gasteiger partial charge in [-0.3, -0.25) is 0 Å². The summed E-state index contributed by atoms with van der Waals surface area (Å²) < 4.78 is 0. The molecule has 0 aliphatic rings. The minimum absolute atomic E-state index is 0.0777. The first kappa shape index (κ1) is 13.0. The van der Waals surface area contributed by atoms with Crippen molar-refractivity contribution in [1.29, 1.82) is 0 Å². The molecular formula is C14H15PS2. The summed E-state index contributed by atoms with van der Waals surface area (Å²) in [7, 11) is 0. The summed E-state index contributed by atoms with van der Waals surface area (Å²) in [6, 6.07) is 21.4. The Kier molecular flexibility index (Phi) is 5.44. The predicted octanol–water partition coefficient (Wildman–Crippen LogP) is 5.90. The van der Waals surface area contributed by atoms with Crippen LogP contribution in [0.15, 0.2) is 70.5 Å². The van der Waals surface area contributed by atoms with Gasteiger partial charge in [0.25, 0.3) is 0 Å². The molecule has 88 valence electrons. The number of hydrogen-bond donors (Lipinski definition) is 0. The van der Waals surface area contributed by atoms with Gasteiger partial charge in [0.05, 0.1) is 0 Å². The molecule has 0 bridgehead atoms. The Morgan fingerprint density at radius 3 is 1.53 bits per heavy atom. The zero-order valence-electron chi connectivity index (χ0n) is 9.74. The fourth-order valence-electron chi connectivity index (χ4n) is 1.35. The van der Waals surface area contributed by atoms with Gasteiger partial charge in [0.2, 0.25) is 0 Å². The summed E-state index contributed by atoms with van der Waals surface area (Å²) in [6.07, 6.45) is 1.15. The second-order valence-corrected chi connectivity index (χ2v) is 10.5. The molecule has 2 aromatic rings. The van der Waals surface area contributed by atoms with Gasteiger partial charge >= 0.3 is 0 Å². The number of hydrogen-bond acceptors (Lipinski definition) is 2. The maximum Gasteiger partial charge on any atom is 0.0228 e. The highest BCUT2D eigenvalue weighted by Crippen LogP contribution is 2.65. The molecule has 2 rings (SSSR count). The van der Waals surface area contributed by atoms with Crippen molar-refractivity contribution < 1.29 is 0 Å². The summed E-state index contributed by atoms with van der Waals surface area (Å²) in [5.41, 5.74) is 0. The first-order valence-electron chi connectivity index (χ1n) is 5.62. The van der Waals surface area contributed by atoms with E-state index in [1.807, 2.05) is 22.8 Å². The third-order valence-electron chi connectivity index (χ3n) is 2.16.